The summed E-state index contributed by atoms with van der Waals surface area (Å²) in [5.74, 6) is 0.905. The Morgan fingerprint density at radius 1 is 1.17 bits per heavy atom. The van der Waals surface area contributed by atoms with Crippen LogP contribution in [0.2, 0.25) is 0 Å². The molecule has 2 fully saturated rings. The summed E-state index contributed by atoms with van der Waals surface area (Å²) < 4.78 is 0. The fourth-order valence-corrected chi connectivity index (χ4v) is 4.02. The van der Waals surface area contributed by atoms with Crippen LogP contribution >= 0.6 is 0 Å². The van der Waals surface area contributed by atoms with Gasteiger partial charge in [0, 0.05) is 38.8 Å². The van der Waals surface area contributed by atoms with Crippen molar-refractivity contribution in [2.24, 2.45) is 5.92 Å². The minimum atomic E-state index is -0.138. The second kappa shape index (κ2) is 7.66. The van der Waals surface area contributed by atoms with Gasteiger partial charge in [0.1, 0.15) is 6.04 Å². The molecule has 0 saturated carbocycles. The Balaban J connectivity index is 1.85. The zero-order chi connectivity index (χ0) is 17.1. The van der Waals surface area contributed by atoms with Crippen LogP contribution in [-0.2, 0) is 4.79 Å². The van der Waals surface area contributed by atoms with Crippen molar-refractivity contribution < 1.29 is 4.79 Å². The highest BCUT2D eigenvalue weighted by atomic mass is 16.2. The van der Waals surface area contributed by atoms with Crippen LogP contribution in [0.4, 0.5) is 0 Å². The minimum Gasteiger partial charge on any atom is -0.341 e. The van der Waals surface area contributed by atoms with Crippen LogP contribution in [0.1, 0.15) is 43.9 Å². The van der Waals surface area contributed by atoms with Crippen molar-refractivity contribution in [3.63, 3.8) is 0 Å². The predicted octanol–water partition coefficient (Wildman–Crippen LogP) is 2.59. The number of nitrogens with zero attached hydrogens (tertiary/aromatic N) is 2. The molecule has 3 unspecified atom stereocenters. The zero-order valence-corrected chi connectivity index (χ0v) is 15.3. The van der Waals surface area contributed by atoms with Crippen molar-refractivity contribution in [3.8, 4) is 0 Å². The first kappa shape index (κ1) is 17.4. The normalized spacial score (nSPS) is 27.0. The number of piperidine rings is 1. The van der Waals surface area contributed by atoms with Gasteiger partial charge in [-0.2, -0.15) is 0 Å². The maximum Gasteiger partial charge on any atom is 0.244 e. The number of amides is 1. The second-order valence-corrected chi connectivity index (χ2v) is 7.69. The summed E-state index contributed by atoms with van der Waals surface area (Å²) in [7, 11) is 0. The third-order valence-electron chi connectivity index (χ3n) is 5.36. The third kappa shape index (κ3) is 3.98. The molecule has 1 N–H and O–H groups in total. The van der Waals surface area contributed by atoms with E-state index >= 15 is 0 Å². The lowest BCUT2D eigenvalue weighted by Crippen LogP contribution is -2.54. The van der Waals surface area contributed by atoms with Crippen molar-refractivity contribution in [1.82, 2.24) is 15.1 Å². The molecular weight excluding hydrogens is 298 g/mol. The van der Waals surface area contributed by atoms with Gasteiger partial charge in [-0.1, -0.05) is 36.8 Å². The highest BCUT2D eigenvalue weighted by Gasteiger charge is 2.34. The Morgan fingerprint density at radius 3 is 2.58 bits per heavy atom. The number of aryl methyl sites for hydroxylation is 1. The molecule has 2 aliphatic heterocycles. The molecule has 24 heavy (non-hydrogen) atoms. The lowest BCUT2D eigenvalue weighted by atomic mass is 9.96. The smallest absolute Gasteiger partial charge is 0.244 e. The molecule has 0 aromatic heterocycles. The van der Waals surface area contributed by atoms with Crippen LogP contribution in [-0.4, -0.2) is 54.5 Å². The summed E-state index contributed by atoms with van der Waals surface area (Å²) in [6.45, 7) is 11.2. The monoisotopic (exact) mass is 329 g/mol. The maximum atomic E-state index is 13.4. The van der Waals surface area contributed by atoms with Gasteiger partial charge in [-0.3, -0.25) is 9.69 Å². The Morgan fingerprint density at radius 2 is 1.92 bits per heavy atom. The van der Waals surface area contributed by atoms with Gasteiger partial charge in [0.2, 0.25) is 5.91 Å². The van der Waals surface area contributed by atoms with Gasteiger partial charge in [-0.25, -0.2) is 0 Å². The molecule has 4 nitrogen and oxygen atoms in total. The van der Waals surface area contributed by atoms with Crippen molar-refractivity contribution in [1.29, 1.82) is 0 Å². The Bertz CT molecular complexity index is 557. The lowest BCUT2D eigenvalue weighted by Gasteiger charge is -2.41. The number of carbonyl (C=O) groups excluding carboxylic acids is 1. The van der Waals surface area contributed by atoms with Gasteiger partial charge < -0.3 is 10.2 Å². The summed E-state index contributed by atoms with van der Waals surface area (Å²) in [4.78, 5) is 17.9. The molecule has 2 saturated heterocycles. The van der Waals surface area contributed by atoms with E-state index in [1.165, 1.54) is 12.0 Å². The Kier molecular flexibility index (Phi) is 5.57. The first-order valence-corrected chi connectivity index (χ1v) is 9.37. The fraction of sp³-hybridized carbons (Fsp3) is 0.650. The van der Waals surface area contributed by atoms with Crippen LogP contribution < -0.4 is 5.32 Å². The Hall–Kier alpha value is -1.39. The molecule has 0 radical (unpaired) electrons. The Labute approximate surface area is 146 Å². The SMILES string of the molecule is Cc1ccc(C(C(=O)N2CCCC(C)C2)N2CCNC(C)C2)cc1. The van der Waals surface area contributed by atoms with E-state index in [9.17, 15) is 4.79 Å². The van der Waals surface area contributed by atoms with Gasteiger partial charge in [0.15, 0.2) is 0 Å². The summed E-state index contributed by atoms with van der Waals surface area (Å²) >= 11 is 0. The number of nitrogens with one attached hydrogen (secondary N) is 1. The van der Waals surface area contributed by atoms with Crippen LogP contribution in [0.15, 0.2) is 24.3 Å². The van der Waals surface area contributed by atoms with Crippen LogP contribution in [0, 0.1) is 12.8 Å². The van der Waals surface area contributed by atoms with E-state index in [1.807, 2.05) is 0 Å². The summed E-state index contributed by atoms with van der Waals surface area (Å²) in [6.07, 6.45) is 2.37. The summed E-state index contributed by atoms with van der Waals surface area (Å²) in [6, 6.07) is 8.82. The van der Waals surface area contributed by atoms with Gasteiger partial charge in [0.05, 0.1) is 0 Å². The molecule has 1 aromatic carbocycles. The van der Waals surface area contributed by atoms with Crippen LogP contribution in [0.3, 0.4) is 0 Å². The third-order valence-corrected chi connectivity index (χ3v) is 5.36. The quantitative estimate of drug-likeness (QED) is 0.926. The molecular formula is C20H31N3O. The van der Waals surface area contributed by atoms with E-state index in [4.69, 9.17) is 0 Å². The van der Waals surface area contributed by atoms with Crippen LogP contribution in [0.25, 0.3) is 0 Å². The fourth-order valence-electron chi connectivity index (χ4n) is 4.02. The molecule has 0 bridgehead atoms. The summed E-state index contributed by atoms with van der Waals surface area (Å²) in [5, 5.41) is 3.49. The standard InChI is InChI=1S/C20H31N3O/c1-15-6-8-18(9-7-15)19(22-12-10-21-17(3)14-22)20(24)23-11-4-5-16(2)13-23/h6-9,16-17,19,21H,4-5,10-14H2,1-3H3. The topological polar surface area (TPSA) is 35.6 Å². The average Bonchev–Trinajstić information content (AvgIpc) is 2.57. The predicted molar refractivity (Wildman–Crippen MR) is 97.9 cm³/mol. The number of rotatable bonds is 3. The second-order valence-electron chi connectivity index (χ2n) is 7.69. The number of likely N-dealkylation sites (tertiary alicyclic amines) is 1. The largest absolute Gasteiger partial charge is 0.341 e. The first-order chi connectivity index (χ1) is 11.5. The average molecular weight is 329 g/mol. The van der Waals surface area contributed by atoms with Gasteiger partial charge in [-0.05, 0) is 38.2 Å². The molecule has 3 atom stereocenters. The molecule has 3 rings (SSSR count). The van der Waals surface area contributed by atoms with Crippen molar-refractivity contribution in [3.05, 3.63) is 35.4 Å². The number of hydrogen-bond donors (Lipinski definition) is 1. The van der Waals surface area contributed by atoms with E-state index in [-0.39, 0.29) is 6.04 Å². The molecule has 1 aromatic rings. The zero-order valence-electron chi connectivity index (χ0n) is 15.3. The van der Waals surface area contributed by atoms with Crippen molar-refractivity contribution in [2.45, 2.75) is 45.7 Å². The van der Waals surface area contributed by atoms with E-state index < -0.39 is 0 Å². The molecule has 2 heterocycles. The number of piperazine rings is 1. The minimum absolute atomic E-state index is 0.138. The van der Waals surface area contributed by atoms with Gasteiger partial charge >= 0.3 is 0 Å². The highest BCUT2D eigenvalue weighted by molar-refractivity contribution is 5.83. The van der Waals surface area contributed by atoms with E-state index in [0.717, 1.165) is 44.7 Å². The van der Waals surface area contributed by atoms with Gasteiger partial charge in [-0.15, -0.1) is 0 Å². The van der Waals surface area contributed by atoms with Crippen molar-refractivity contribution >= 4 is 5.91 Å². The summed E-state index contributed by atoms with van der Waals surface area (Å²) in [5.41, 5.74) is 2.38. The van der Waals surface area contributed by atoms with E-state index in [1.54, 1.807) is 0 Å². The highest BCUT2D eigenvalue weighted by Crippen LogP contribution is 2.27. The number of benzene rings is 1. The molecule has 4 heteroatoms. The first-order valence-electron chi connectivity index (χ1n) is 9.37. The van der Waals surface area contributed by atoms with Gasteiger partial charge in [0.25, 0.3) is 0 Å². The molecule has 0 spiro atoms. The molecule has 1 amide bonds. The molecule has 132 valence electrons. The van der Waals surface area contributed by atoms with Crippen molar-refractivity contribution in [2.75, 3.05) is 32.7 Å². The molecule has 2 aliphatic rings. The van der Waals surface area contributed by atoms with E-state index in [2.05, 4.69) is 60.2 Å². The lowest BCUT2D eigenvalue weighted by molar-refractivity contribution is -0.139. The maximum absolute atomic E-state index is 13.4. The van der Waals surface area contributed by atoms with E-state index in [0.29, 0.717) is 17.9 Å². The molecule has 0 aliphatic carbocycles. The number of carbonyl (C=O) groups is 1. The number of hydrogen-bond acceptors (Lipinski definition) is 3. The van der Waals surface area contributed by atoms with Crippen LogP contribution in [0.5, 0.6) is 0 Å².